The van der Waals surface area contributed by atoms with Gasteiger partial charge in [0.15, 0.2) is 17.3 Å². The minimum Gasteiger partial charge on any atom is -0.454 e. The van der Waals surface area contributed by atoms with Gasteiger partial charge in [-0.3, -0.25) is 0 Å². The number of nitrogens with zero attached hydrogens (tertiary/aromatic N) is 3. The van der Waals surface area contributed by atoms with Crippen LogP contribution in [0.4, 0.5) is 23.1 Å². The van der Waals surface area contributed by atoms with Gasteiger partial charge in [0.2, 0.25) is 12.7 Å². The highest BCUT2D eigenvalue weighted by Gasteiger charge is 2.13. The number of anilines is 4. The summed E-state index contributed by atoms with van der Waals surface area (Å²) in [7, 11) is 0. The molecule has 7 nitrogen and oxygen atoms in total. The standard InChI is InChI=1S/C17H15N5O2/c1-11-2-4-12(5-3-11)20-17-21-16(9-18-22-17)19-13-6-7-14-15(8-13)24-10-23-14/h2-9H,10H2,1H3,(H2,19,20,21,22). The van der Waals surface area contributed by atoms with Crippen molar-refractivity contribution in [3.63, 3.8) is 0 Å². The van der Waals surface area contributed by atoms with Crippen molar-refractivity contribution in [3.05, 3.63) is 54.2 Å². The second kappa shape index (κ2) is 6.04. The molecular formula is C17H15N5O2. The van der Waals surface area contributed by atoms with Crippen molar-refractivity contribution < 1.29 is 9.47 Å². The first-order valence-corrected chi connectivity index (χ1v) is 7.46. The molecule has 0 spiro atoms. The Morgan fingerprint density at radius 3 is 2.58 bits per heavy atom. The quantitative estimate of drug-likeness (QED) is 0.762. The van der Waals surface area contributed by atoms with Crippen LogP contribution in [0, 0.1) is 6.92 Å². The highest BCUT2D eigenvalue weighted by Crippen LogP contribution is 2.34. The molecule has 1 aliphatic heterocycles. The molecule has 0 bridgehead atoms. The number of fused-ring (bicyclic) bond motifs is 1. The number of hydrogen-bond acceptors (Lipinski definition) is 7. The van der Waals surface area contributed by atoms with E-state index >= 15 is 0 Å². The molecule has 0 unspecified atom stereocenters. The summed E-state index contributed by atoms with van der Waals surface area (Å²) in [5, 5.41) is 14.3. The summed E-state index contributed by atoms with van der Waals surface area (Å²) in [6, 6.07) is 13.6. The zero-order valence-electron chi connectivity index (χ0n) is 13.0. The molecule has 0 aliphatic carbocycles. The van der Waals surface area contributed by atoms with E-state index in [0.29, 0.717) is 17.5 Å². The Labute approximate surface area is 138 Å². The molecular weight excluding hydrogens is 306 g/mol. The molecule has 1 aliphatic rings. The molecule has 7 heteroatoms. The van der Waals surface area contributed by atoms with Crippen molar-refractivity contribution in [2.24, 2.45) is 0 Å². The van der Waals surface area contributed by atoms with Gasteiger partial charge in [0, 0.05) is 17.4 Å². The van der Waals surface area contributed by atoms with Gasteiger partial charge in [-0.15, -0.1) is 5.10 Å². The second-order valence-electron chi connectivity index (χ2n) is 5.35. The third kappa shape index (κ3) is 3.05. The van der Waals surface area contributed by atoms with E-state index in [1.54, 1.807) is 6.20 Å². The summed E-state index contributed by atoms with van der Waals surface area (Å²) in [4.78, 5) is 4.41. The second-order valence-corrected chi connectivity index (χ2v) is 5.35. The normalized spacial score (nSPS) is 12.0. The number of aromatic nitrogens is 3. The van der Waals surface area contributed by atoms with Crippen LogP contribution in [0.25, 0.3) is 0 Å². The summed E-state index contributed by atoms with van der Waals surface area (Å²) in [6.45, 7) is 2.29. The molecule has 24 heavy (non-hydrogen) atoms. The molecule has 3 aromatic rings. The van der Waals surface area contributed by atoms with Crippen molar-refractivity contribution in [3.8, 4) is 11.5 Å². The Bertz CT molecular complexity index is 867. The molecule has 0 fully saturated rings. The predicted molar refractivity (Wildman–Crippen MR) is 90.1 cm³/mol. The molecule has 0 atom stereocenters. The lowest BCUT2D eigenvalue weighted by Crippen LogP contribution is -2.02. The zero-order valence-corrected chi connectivity index (χ0v) is 13.0. The first-order chi connectivity index (χ1) is 11.8. The maximum Gasteiger partial charge on any atom is 0.249 e. The monoisotopic (exact) mass is 321 g/mol. The fourth-order valence-corrected chi connectivity index (χ4v) is 2.30. The number of nitrogens with one attached hydrogen (secondary N) is 2. The van der Waals surface area contributed by atoms with Gasteiger partial charge < -0.3 is 20.1 Å². The maximum absolute atomic E-state index is 5.37. The van der Waals surface area contributed by atoms with E-state index in [1.807, 2.05) is 49.4 Å². The molecule has 2 heterocycles. The van der Waals surface area contributed by atoms with Crippen molar-refractivity contribution in [1.82, 2.24) is 15.2 Å². The van der Waals surface area contributed by atoms with Crippen LogP contribution < -0.4 is 20.1 Å². The van der Waals surface area contributed by atoms with E-state index in [-0.39, 0.29) is 6.79 Å². The van der Waals surface area contributed by atoms with E-state index in [1.165, 1.54) is 5.56 Å². The van der Waals surface area contributed by atoms with Crippen LogP contribution in [-0.4, -0.2) is 22.0 Å². The van der Waals surface area contributed by atoms with Crippen LogP contribution in [0.3, 0.4) is 0 Å². The summed E-state index contributed by atoms with van der Waals surface area (Å²) >= 11 is 0. The van der Waals surface area contributed by atoms with E-state index in [9.17, 15) is 0 Å². The van der Waals surface area contributed by atoms with Gasteiger partial charge >= 0.3 is 0 Å². The Morgan fingerprint density at radius 1 is 0.917 bits per heavy atom. The first kappa shape index (κ1) is 14.3. The molecule has 0 amide bonds. The Kier molecular flexibility index (Phi) is 3.59. The van der Waals surface area contributed by atoms with Gasteiger partial charge in [0.1, 0.15) is 0 Å². The van der Waals surface area contributed by atoms with E-state index in [0.717, 1.165) is 17.1 Å². The van der Waals surface area contributed by atoms with Crippen LogP contribution in [0.15, 0.2) is 48.7 Å². The maximum atomic E-state index is 5.37. The van der Waals surface area contributed by atoms with Gasteiger partial charge in [0.05, 0.1) is 6.20 Å². The lowest BCUT2D eigenvalue weighted by Gasteiger charge is -2.08. The molecule has 0 radical (unpaired) electrons. The minimum absolute atomic E-state index is 0.248. The van der Waals surface area contributed by atoms with E-state index in [4.69, 9.17) is 9.47 Å². The fourth-order valence-electron chi connectivity index (χ4n) is 2.30. The Morgan fingerprint density at radius 2 is 1.71 bits per heavy atom. The third-order valence-electron chi connectivity index (χ3n) is 3.51. The summed E-state index contributed by atoms with van der Waals surface area (Å²) in [6.07, 6.45) is 1.56. The molecule has 120 valence electrons. The lowest BCUT2D eigenvalue weighted by molar-refractivity contribution is 0.174. The summed E-state index contributed by atoms with van der Waals surface area (Å²) in [5.74, 6) is 2.45. The number of ether oxygens (including phenoxy) is 2. The number of benzene rings is 2. The predicted octanol–water partition coefficient (Wildman–Crippen LogP) is 3.40. The van der Waals surface area contributed by atoms with Gasteiger partial charge in [-0.1, -0.05) is 17.7 Å². The smallest absolute Gasteiger partial charge is 0.249 e. The number of aryl methyl sites for hydroxylation is 1. The van der Waals surface area contributed by atoms with Crippen molar-refractivity contribution in [2.45, 2.75) is 6.92 Å². The first-order valence-electron chi connectivity index (χ1n) is 7.46. The molecule has 4 rings (SSSR count). The van der Waals surface area contributed by atoms with Crippen molar-refractivity contribution >= 4 is 23.1 Å². The fraction of sp³-hybridized carbons (Fsp3) is 0.118. The van der Waals surface area contributed by atoms with Gasteiger partial charge in [-0.25, -0.2) is 0 Å². The van der Waals surface area contributed by atoms with Crippen LogP contribution in [-0.2, 0) is 0 Å². The van der Waals surface area contributed by atoms with Gasteiger partial charge in [-0.2, -0.15) is 10.1 Å². The van der Waals surface area contributed by atoms with Crippen LogP contribution >= 0.6 is 0 Å². The van der Waals surface area contributed by atoms with Crippen LogP contribution in [0.5, 0.6) is 11.5 Å². The van der Waals surface area contributed by atoms with Gasteiger partial charge in [0.25, 0.3) is 0 Å². The molecule has 2 N–H and O–H groups in total. The van der Waals surface area contributed by atoms with Crippen LogP contribution in [0.1, 0.15) is 5.56 Å². The van der Waals surface area contributed by atoms with E-state index < -0.39 is 0 Å². The molecule has 0 saturated carbocycles. The molecule has 0 saturated heterocycles. The molecule has 2 aromatic carbocycles. The topological polar surface area (TPSA) is 81.2 Å². The highest BCUT2D eigenvalue weighted by molar-refractivity contribution is 5.62. The highest BCUT2D eigenvalue weighted by atomic mass is 16.7. The average molecular weight is 321 g/mol. The summed E-state index contributed by atoms with van der Waals surface area (Å²) in [5.41, 5.74) is 2.93. The average Bonchev–Trinajstić information content (AvgIpc) is 3.05. The third-order valence-corrected chi connectivity index (χ3v) is 3.51. The SMILES string of the molecule is Cc1ccc(Nc2nncc(Nc3ccc4c(c3)OCO4)n2)cc1. The Balaban J connectivity index is 1.51. The Hall–Kier alpha value is -3.35. The minimum atomic E-state index is 0.248. The summed E-state index contributed by atoms with van der Waals surface area (Å²) < 4.78 is 10.7. The zero-order chi connectivity index (χ0) is 16.4. The van der Waals surface area contributed by atoms with Crippen molar-refractivity contribution in [1.29, 1.82) is 0 Å². The van der Waals surface area contributed by atoms with Crippen molar-refractivity contribution in [2.75, 3.05) is 17.4 Å². The lowest BCUT2D eigenvalue weighted by atomic mass is 10.2. The largest absolute Gasteiger partial charge is 0.454 e. The van der Waals surface area contributed by atoms with E-state index in [2.05, 4.69) is 25.8 Å². The molecule has 1 aromatic heterocycles. The van der Waals surface area contributed by atoms with Gasteiger partial charge in [-0.05, 0) is 31.2 Å². The number of hydrogen-bond donors (Lipinski definition) is 2. The van der Waals surface area contributed by atoms with Crippen LogP contribution in [0.2, 0.25) is 0 Å². The number of rotatable bonds is 4.